The second kappa shape index (κ2) is 3.91. The lowest BCUT2D eigenvalue weighted by Gasteiger charge is -2.26. The molecule has 1 aliphatic rings. The normalized spacial score (nSPS) is 16.1. The average Bonchev–Trinajstić information content (AvgIpc) is 2.10. The minimum Gasteiger partial charge on any atom is -0.497 e. The first-order chi connectivity index (χ1) is 6.78. The van der Waals surface area contributed by atoms with Crippen LogP contribution in [-0.4, -0.2) is 13.2 Å². The van der Waals surface area contributed by atoms with Crippen LogP contribution in [0.5, 0.6) is 11.5 Å². The van der Waals surface area contributed by atoms with Crippen molar-refractivity contribution >= 4 is 0 Å². The molecule has 0 heterocycles. The third kappa shape index (κ3) is 2.00. The summed E-state index contributed by atoms with van der Waals surface area (Å²) in [6, 6.07) is 6.01. The van der Waals surface area contributed by atoms with Crippen molar-refractivity contribution in [1.82, 2.24) is 0 Å². The lowest BCUT2D eigenvalue weighted by Crippen LogP contribution is -2.24. The molecule has 1 aliphatic carbocycles. The molecule has 2 rings (SSSR count). The number of rotatable bonds is 3. The molecular formula is C12H16O2. The molecule has 1 saturated carbocycles. The Bertz CT molecular complexity index is 316. The molecule has 0 unspecified atom stereocenters. The maximum atomic E-state index is 5.79. The van der Waals surface area contributed by atoms with Gasteiger partial charge in [0.1, 0.15) is 11.5 Å². The van der Waals surface area contributed by atoms with Crippen molar-refractivity contribution in [3.8, 4) is 11.5 Å². The van der Waals surface area contributed by atoms with Crippen molar-refractivity contribution in [2.45, 2.75) is 32.3 Å². The number of methoxy groups -OCH3 is 1. The van der Waals surface area contributed by atoms with Crippen LogP contribution in [0.1, 0.15) is 24.8 Å². The highest BCUT2D eigenvalue weighted by atomic mass is 16.5. The van der Waals surface area contributed by atoms with E-state index in [0.717, 1.165) is 11.5 Å². The predicted molar refractivity (Wildman–Crippen MR) is 56.0 cm³/mol. The van der Waals surface area contributed by atoms with E-state index in [1.165, 1.54) is 24.8 Å². The van der Waals surface area contributed by atoms with Gasteiger partial charge in [0.25, 0.3) is 0 Å². The van der Waals surface area contributed by atoms with Gasteiger partial charge in [-0.25, -0.2) is 0 Å². The molecule has 0 spiro atoms. The van der Waals surface area contributed by atoms with Crippen LogP contribution in [0.25, 0.3) is 0 Å². The third-order valence-corrected chi connectivity index (χ3v) is 2.62. The van der Waals surface area contributed by atoms with Gasteiger partial charge in [-0.3, -0.25) is 0 Å². The molecule has 0 aromatic heterocycles. The molecule has 1 aromatic carbocycles. The van der Waals surface area contributed by atoms with E-state index in [9.17, 15) is 0 Å². The van der Waals surface area contributed by atoms with E-state index >= 15 is 0 Å². The third-order valence-electron chi connectivity index (χ3n) is 2.62. The van der Waals surface area contributed by atoms with Crippen molar-refractivity contribution in [3.63, 3.8) is 0 Å². The summed E-state index contributed by atoms with van der Waals surface area (Å²) in [7, 11) is 1.68. The Morgan fingerprint density at radius 1 is 1.14 bits per heavy atom. The quantitative estimate of drug-likeness (QED) is 0.733. The second-order valence-electron chi connectivity index (χ2n) is 3.86. The summed E-state index contributed by atoms with van der Waals surface area (Å²) in [5.74, 6) is 1.81. The molecule has 76 valence electrons. The first-order valence-corrected chi connectivity index (χ1v) is 5.10. The Morgan fingerprint density at radius 3 is 2.43 bits per heavy atom. The fraction of sp³-hybridized carbons (Fsp3) is 0.500. The topological polar surface area (TPSA) is 18.5 Å². The minimum atomic E-state index is 0.432. The number of benzene rings is 1. The summed E-state index contributed by atoms with van der Waals surface area (Å²) < 4.78 is 11.0. The first kappa shape index (κ1) is 9.38. The van der Waals surface area contributed by atoms with Gasteiger partial charge in [-0.1, -0.05) is 0 Å². The van der Waals surface area contributed by atoms with E-state index in [-0.39, 0.29) is 0 Å². The summed E-state index contributed by atoms with van der Waals surface area (Å²) >= 11 is 0. The van der Waals surface area contributed by atoms with Gasteiger partial charge in [-0.05, 0) is 43.9 Å². The van der Waals surface area contributed by atoms with Crippen molar-refractivity contribution < 1.29 is 9.47 Å². The van der Waals surface area contributed by atoms with Gasteiger partial charge in [0.05, 0.1) is 13.2 Å². The monoisotopic (exact) mass is 192 g/mol. The molecule has 1 fully saturated rings. The molecule has 2 heteroatoms. The molecule has 0 N–H and O–H groups in total. The number of aryl methyl sites for hydroxylation is 1. The maximum Gasteiger partial charge on any atom is 0.123 e. The smallest absolute Gasteiger partial charge is 0.123 e. The maximum absolute atomic E-state index is 5.79. The molecule has 14 heavy (non-hydrogen) atoms. The van der Waals surface area contributed by atoms with Gasteiger partial charge >= 0.3 is 0 Å². The molecule has 1 aromatic rings. The van der Waals surface area contributed by atoms with Crippen LogP contribution in [-0.2, 0) is 0 Å². The SMILES string of the molecule is COc1cc(C)cc(OC2CCC2)c1. The molecule has 0 amide bonds. The zero-order valence-corrected chi connectivity index (χ0v) is 8.75. The molecule has 0 saturated heterocycles. The second-order valence-corrected chi connectivity index (χ2v) is 3.86. The highest BCUT2D eigenvalue weighted by Crippen LogP contribution is 2.28. The van der Waals surface area contributed by atoms with Crippen molar-refractivity contribution in [2.24, 2.45) is 0 Å². The van der Waals surface area contributed by atoms with E-state index in [0.29, 0.717) is 6.10 Å². The minimum absolute atomic E-state index is 0.432. The number of hydrogen-bond donors (Lipinski definition) is 0. The van der Waals surface area contributed by atoms with E-state index in [2.05, 4.69) is 13.0 Å². The van der Waals surface area contributed by atoms with E-state index in [1.54, 1.807) is 7.11 Å². The van der Waals surface area contributed by atoms with E-state index in [4.69, 9.17) is 9.47 Å². The number of hydrogen-bond acceptors (Lipinski definition) is 2. The Hall–Kier alpha value is -1.18. The zero-order valence-electron chi connectivity index (χ0n) is 8.75. The fourth-order valence-electron chi connectivity index (χ4n) is 1.58. The van der Waals surface area contributed by atoms with Crippen LogP contribution in [0.15, 0.2) is 18.2 Å². The highest BCUT2D eigenvalue weighted by molar-refractivity contribution is 5.37. The molecule has 2 nitrogen and oxygen atoms in total. The van der Waals surface area contributed by atoms with Crippen LogP contribution in [0.2, 0.25) is 0 Å². The summed E-state index contributed by atoms with van der Waals surface area (Å²) in [6.07, 6.45) is 4.11. The first-order valence-electron chi connectivity index (χ1n) is 5.10. The lowest BCUT2D eigenvalue weighted by atomic mass is 9.96. The molecule has 0 aliphatic heterocycles. The Kier molecular flexibility index (Phi) is 2.62. The Labute approximate surface area is 84.8 Å². The van der Waals surface area contributed by atoms with Gasteiger partial charge in [0.2, 0.25) is 0 Å². The summed E-state index contributed by atoms with van der Waals surface area (Å²) in [6.45, 7) is 2.05. The molecule has 0 atom stereocenters. The van der Waals surface area contributed by atoms with Crippen molar-refractivity contribution in [3.05, 3.63) is 23.8 Å². The van der Waals surface area contributed by atoms with Crippen LogP contribution in [0.3, 0.4) is 0 Å². The van der Waals surface area contributed by atoms with Crippen LogP contribution < -0.4 is 9.47 Å². The van der Waals surface area contributed by atoms with E-state index < -0.39 is 0 Å². The lowest BCUT2D eigenvalue weighted by molar-refractivity contribution is 0.120. The van der Waals surface area contributed by atoms with Crippen LogP contribution in [0, 0.1) is 6.92 Å². The van der Waals surface area contributed by atoms with Gasteiger partial charge < -0.3 is 9.47 Å². The summed E-state index contributed by atoms with van der Waals surface area (Å²) in [5.41, 5.74) is 1.18. The van der Waals surface area contributed by atoms with Gasteiger partial charge in [-0.15, -0.1) is 0 Å². The standard InChI is InChI=1S/C12H16O2/c1-9-6-11(13-2)8-12(7-9)14-10-4-3-5-10/h6-8,10H,3-5H2,1-2H3. The largest absolute Gasteiger partial charge is 0.497 e. The highest BCUT2D eigenvalue weighted by Gasteiger charge is 2.19. The van der Waals surface area contributed by atoms with Crippen molar-refractivity contribution in [1.29, 1.82) is 0 Å². The van der Waals surface area contributed by atoms with Crippen molar-refractivity contribution in [2.75, 3.05) is 7.11 Å². The van der Waals surface area contributed by atoms with Gasteiger partial charge in [0.15, 0.2) is 0 Å². The molecule has 0 radical (unpaired) electrons. The predicted octanol–water partition coefficient (Wildman–Crippen LogP) is 2.93. The number of ether oxygens (including phenoxy) is 2. The Morgan fingerprint density at radius 2 is 1.86 bits per heavy atom. The molecule has 0 bridgehead atoms. The van der Waals surface area contributed by atoms with Gasteiger partial charge in [0, 0.05) is 6.07 Å². The van der Waals surface area contributed by atoms with Gasteiger partial charge in [-0.2, -0.15) is 0 Å². The van der Waals surface area contributed by atoms with E-state index in [1.807, 2.05) is 12.1 Å². The summed E-state index contributed by atoms with van der Waals surface area (Å²) in [4.78, 5) is 0. The fourth-order valence-corrected chi connectivity index (χ4v) is 1.58. The zero-order chi connectivity index (χ0) is 9.97. The van der Waals surface area contributed by atoms with Crippen LogP contribution in [0.4, 0.5) is 0 Å². The van der Waals surface area contributed by atoms with Crippen LogP contribution >= 0.6 is 0 Å². The average molecular weight is 192 g/mol. The Balaban J connectivity index is 2.11. The summed E-state index contributed by atoms with van der Waals surface area (Å²) in [5, 5.41) is 0. The molecular weight excluding hydrogens is 176 g/mol.